The lowest BCUT2D eigenvalue weighted by molar-refractivity contribution is -0.120. The molecule has 0 heterocycles. The van der Waals surface area contributed by atoms with E-state index in [1.54, 1.807) is 12.1 Å². The Bertz CT molecular complexity index is 426. The first-order chi connectivity index (χ1) is 10.0. The molecule has 0 aromatic heterocycles. The summed E-state index contributed by atoms with van der Waals surface area (Å²) in [6.45, 7) is 10.3. The summed E-state index contributed by atoms with van der Waals surface area (Å²) in [7, 11) is 0. The van der Waals surface area contributed by atoms with E-state index >= 15 is 0 Å². The van der Waals surface area contributed by atoms with Gasteiger partial charge in [-0.15, -0.1) is 0 Å². The number of nitrogen functional groups attached to an aromatic ring is 1. The van der Waals surface area contributed by atoms with Crippen molar-refractivity contribution in [3.63, 3.8) is 0 Å². The second-order valence-electron chi connectivity index (χ2n) is 5.56. The van der Waals surface area contributed by atoms with Crippen LogP contribution in [-0.2, 0) is 4.79 Å². The molecule has 118 valence electrons. The maximum absolute atomic E-state index is 12.4. The predicted octanol–water partition coefficient (Wildman–Crippen LogP) is 3.35. The van der Waals surface area contributed by atoms with Crippen LogP contribution >= 0.6 is 0 Å². The van der Waals surface area contributed by atoms with Crippen molar-refractivity contribution in [2.24, 2.45) is 5.92 Å². The van der Waals surface area contributed by atoms with Crippen LogP contribution in [0.5, 0.6) is 0 Å². The molecule has 0 radical (unpaired) electrons. The molecule has 1 rings (SSSR count). The average molecular weight is 291 g/mol. The smallest absolute Gasteiger partial charge is 0.241 e. The van der Waals surface area contributed by atoms with E-state index in [-0.39, 0.29) is 11.9 Å². The lowest BCUT2D eigenvalue weighted by Crippen LogP contribution is -2.44. The minimum Gasteiger partial charge on any atom is -0.399 e. The summed E-state index contributed by atoms with van der Waals surface area (Å²) in [6.07, 6.45) is 2.30. The summed E-state index contributed by atoms with van der Waals surface area (Å²) in [5.74, 6) is 0.685. The van der Waals surface area contributed by atoms with Crippen molar-refractivity contribution in [1.29, 1.82) is 0 Å². The molecular formula is C17H29N3O. The summed E-state index contributed by atoms with van der Waals surface area (Å²) in [4.78, 5) is 14.6. The van der Waals surface area contributed by atoms with Gasteiger partial charge in [0.25, 0.3) is 0 Å². The number of amides is 1. The molecule has 0 aliphatic rings. The van der Waals surface area contributed by atoms with E-state index in [1.807, 2.05) is 19.1 Å². The normalized spacial score (nSPS) is 12.7. The van der Waals surface area contributed by atoms with Gasteiger partial charge in [0.05, 0.1) is 6.04 Å². The molecule has 0 bridgehead atoms. The topological polar surface area (TPSA) is 58.4 Å². The number of benzene rings is 1. The zero-order chi connectivity index (χ0) is 15.8. The standard InChI is InChI=1S/C17H29N3O/c1-5-14(6-2)12-20(7-3)13(4)17(21)19-16-10-8-15(18)9-11-16/h8-11,13-14H,5-7,12,18H2,1-4H3,(H,19,21). The SMILES string of the molecule is CCC(CC)CN(CC)C(C)C(=O)Nc1ccc(N)cc1. The van der Waals surface area contributed by atoms with Crippen LogP contribution in [0.15, 0.2) is 24.3 Å². The Hall–Kier alpha value is -1.55. The number of rotatable bonds is 8. The molecule has 1 atom stereocenters. The third-order valence-corrected chi connectivity index (χ3v) is 4.16. The van der Waals surface area contributed by atoms with Gasteiger partial charge in [0, 0.05) is 17.9 Å². The van der Waals surface area contributed by atoms with Gasteiger partial charge >= 0.3 is 0 Å². The van der Waals surface area contributed by atoms with Crippen molar-refractivity contribution in [2.45, 2.75) is 46.6 Å². The van der Waals surface area contributed by atoms with Crippen LogP contribution in [0.1, 0.15) is 40.5 Å². The number of hydrogen-bond acceptors (Lipinski definition) is 3. The van der Waals surface area contributed by atoms with Crippen LogP contribution in [0.2, 0.25) is 0 Å². The largest absolute Gasteiger partial charge is 0.399 e. The fourth-order valence-corrected chi connectivity index (χ4v) is 2.42. The van der Waals surface area contributed by atoms with Gasteiger partial charge in [-0.05, 0) is 43.7 Å². The molecule has 0 aliphatic heterocycles. The number of hydrogen-bond donors (Lipinski definition) is 2. The molecule has 4 heteroatoms. The molecule has 0 aliphatic carbocycles. The zero-order valence-electron chi connectivity index (χ0n) is 13.7. The van der Waals surface area contributed by atoms with E-state index in [1.165, 1.54) is 0 Å². The Morgan fingerprint density at radius 1 is 1.19 bits per heavy atom. The Morgan fingerprint density at radius 2 is 1.76 bits per heavy atom. The molecule has 0 saturated carbocycles. The highest BCUT2D eigenvalue weighted by molar-refractivity contribution is 5.94. The number of anilines is 2. The number of nitrogens with two attached hydrogens (primary N) is 1. The molecule has 1 unspecified atom stereocenters. The lowest BCUT2D eigenvalue weighted by Gasteiger charge is -2.30. The van der Waals surface area contributed by atoms with Gasteiger partial charge in [0.1, 0.15) is 0 Å². The highest BCUT2D eigenvalue weighted by atomic mass is 16.2. The van der Waals surface area contributed by atoms with Crippen LogP contribution in [0.4, 0.5) is 11.4 Å². The summed E-state index contributed by atoms with van der Waals surface area (Å²) >= 11 is 0. The molecule has 4 nitrogen and oxygen atoms in total. The molecule has 1 amide bonds. The molecule has 0 saturated heterocycles. The van der Waals surface area contributed by atoms with Crippen molar-refractivity contribution in [2.75, 3.05) is 24.1 Å². The monoisotopic (exact) mass is 291 g/mol. The lowest BCUT2D eigenvalue weighted by atomic mass is 10.0. The molecule has 0 fully saturated rings. The van der Waals surface area contributed by atoms with Gasteiger partial charge < -0.3 is 11.1 Å². The van der Waals surface area contributed by atoms with Crippen molar-refractivity contribution >= 4 is 17.3 Å². The van der Waals surface area contributed by atoms with E-state index in [2.05, 4.69) is 31.0 Å². The van der Waals surface area contributed by atoms with E-state index < -0.39 is 0 Å². The maximum Gasteiger partial charge on any atom is 0.241 e. The van der Waals surface area contributed by atoms with Crippen LogP contribution in [0, 0.1) is 5.92 Å². The van der Waals surface area contributed by atoms with Gasteiger partial charge in [0.15, 0.2) is 0 Å². The fraction of sp³-hybridized carbons (Fsp3) is 0.588. The first-order valence-electron chi connectivity index (χ1n) is 7.92. The van der Waals surface area contributed by atoms with Gasteiger partial charge in [-0.2, -0.15) is 0 Å². The third kappa shape index (κ3) is 5.38. The Labute approximate surface area is 128 Å². The van der Waals surface area contributed by atoms with Crippen LogP contribution in [0.3, 0.4) is 0 Å². The first-order valence-corrected chi connectivity index (χ1v) is 7.92. The minimum absolute atomic E-state index is 0.0348. The van der Waals surface area contributed by atoms with Crippen molar-refractivity contribution in [1.82, 2.24) is 4.90 Å². The molecular weight excluding hydrogens is 262 g/mol. The van der Waals surface area contributed by atoms with Crippen LogP contribution in [-0.4, -0.2) is 29.9 Å². The van der Waals surface area contributed by atoms with E-state index in [0.29, 0.717) is 11.6 Å². The zero-order valence-corrected chi connectivity index (χ0v) is 13.7. The van der Waals surface area contributed by atoms with Gasteiger partial charge in [-0.3, -0.25) is 9.69 Å². The number of carbonyl (C=O) groups is 1. The number of likely N-dealkylation sites (N-methyl/N-ethyl adjacent to an activating group) is 1. The second kappa shape index (κ2) is 8.67. The second-order valence-corrected chi connectivity index (χ2v) is 5.56. The van der Waals surface area contributed by atoms with Gasteiger partial charge in [-0.1, -0.05) is 33.6 Å². The molecule has 21 heavy (non-hydrogen) atoms. The summed E-state index contributed by atoms with van der Waals surface area (Å²) in [5.41, 5.74) is 7.14. The highest BCUT2D eigenvalue weighted by Gasteiger charge is 2.22. The summed E-state index contributed by atoms with van der Waals surface area (Å²) in [6, 6.07) is 7.12. The number of nitrogens with one attached hydrogen (secondary N) is 1. The Kier molecular flexibility index (Phi) is 7.23. The minimum atomic E-state index is -0.131. The third-order valence-electron chi connectivity index (χ3n) is 4.16. The van der Waals surface area contributed by atoms with Crippen molar-refractivity contribution in [3.8, 4) is 0 Å². The molecule has 0 spiro atoms. The van der Waals surface area contributed by atoms with E-state index in [0.717, 1.165) is 31.6 Å². The molecule has 1 aromatic rings. The number of nitrogens with zero attached hydrogens (tertiary/aromatic N) is 1. The van der Waals surface area contributed by atoms with Crippen LogP contribution < -0.4 is 11.1 Å². The van der Waals surface area contributed by atoms with E-state index in [9.17, 15) is 4.79 Å². The fourth-order valence-electron chi connectivity index (χ4n) is 2.42. The van der Waals surface area contributed by atoms with Crippen molar-refractivity contribution in [3.05, 3.63) is 24.3 Å². The van der Waals surface area contributed by atoms with Crippen LogP contribution in [0.25, 0.3) is 0 Å². The quantitative estimate of drug-likeness (QED) is 0.722. The maximum atomic E-state index is 12.4. The Morgan fingerprint density at radius 3 is 2.24 bits per heavy atom. The van der Waals surface area contributed by atoms with E-state index in [4.69, 9.17) is 5.73 Å². The highest BCUT2D eigenvalue weighted by Crippen LogP contribution is 2.15. The van der Waals surface area contributed by atoms with Crippen molar-refractivity contribution < 1.29 is 4.79 Å². The van der Waals surface area contributed by atoms with Gasteiger partial charge in [0.2, 0.25) is 5.91 Å². The summed E-state index contributed by atoms with van der Waals surface area (Å²) < 4.78 is 0. The molecule has 3 N–H and O–H groups in total. The molecule has 1 aromatic carbocycles. The first kappa shape index (κ1) is 17.5. The average Bonchev–Trinajstić information content (AvgIpc) is 2.50. The van der Waals surface area contributed by atoms with Gasteiger partial charge in [-0.25, -0.2) is 0 Å². The Balaban J connectivity index is 2.63. The number of carbonyl (C=O) groups excluding carboxylic acids is 1. The predicted molar refractivity (Wildman–Crippen MR) is 90.3 cm³/mol. The summed E-state index contributed by atoms with van der Waals surface area (Å²) in [5, 5.41) is 2.96.